The van der Waals surface area contributed by atoms with Crippen LogP contribution in [0.4, 0.5) is 0 Å². The maximum atomic E-state index is 11.7. The normalized spacial score (nSPS) is 11.7. The molecule has 0 aliphatic rings. The largest absolute Gasteiger partial charge is 0.478 e. The van der Waals surface area contributed by atoms with Gasteiger partial charge in [0.05, 0.1) is 18.4 Å². The van der Waals surface area contributed by atoms with Crippen LogP contribution in [-0.2, 0) is 14.3 Å². The Labute approximate surface area is 109 Å². The van der Waals surface area contributed by atoms with Crippen LogP contribution in [0.1, 0.15) is 30.2 Å². The van der Waals surface area contributed by atoms with Gasteiger partial charge >= 0.3 is 11.9 Å². The standard InChI is InChI=1S/C11H15N3O5/c1-3-19-9(15)5-12-10(16)7(2)14-6-8(4-13-14)11(17)18/h4,6-7H,3,5H2,1-2H3,(H,12,16)(H,17,18). The Morgan fingerprint density at radius 2 is 2.21 bits per heavy atom. The number of aromatic nitrogens is 2. The smallest absolute Gasteiger partial charge is 0.338 e. The van der Waals surface area contributed by atoms with Gasteiger partial charge in [0.25, 0.3) is 0 Å². The third kappa shape index (κ3) is 4.09. The summed E-state index contributed by atoms with van der Waals surface area (Å²) in [7, 11) is 0. The number of ether oxygens (including phenoxy) is 1. The SMILES string of the molecule is CCOC(=O)CNC(=O)C(C)n1cc(C(=O)O)cn1. The first-order valence-corrected chi connectivity index (χ1v) is 5.66. The first-order valence-electron chi connectivity index (χ1n) is 5.66. The zero-order valence-corrected chi connectivity index (χ0v) is 10.6. The fraction of sp³-hybridized carbons (Fsp3) is 0.455. The summed E-state index contributed by atoms with van der Waals surface area (Å²) in [5, 5.41) is 14.9. The molecule has 0 aliphatic carbocycles. The third-order valence-corrected chi connectivity index (χ3v) is 2.34. The van der Waals surface area contributed by atoms with Crippen molar-refractivity contribution in [2.45, 2.75) is 19.9 Å². The number of carbonyl (C=O) groups is 3. The van der Waals surface area contributed by atoms with Crippen molar-refractivity contribution in [3.8, 4) is 0 Å². The molecular formula is C11H15N3O5. The number of aromatic carboxylic acids is 1. The van der Waals surface area contributed by atoms with Crippen LogP contribution in [0.5, 0.6) is 0 Å². The van der Waals surface area contributed by atoms with E-state index < -0.39 is 23.9 Å². The maximum Gasteiger partial charge on any atom is 0.338 e. The zero-order chi connectivity index (χ0) is 14.4. The molecule has 1 aromatic heterocycles. The molecule has 19 heavy (non-hydrogen) atoms. The average Bonchev–Trinajstić information content (AvgIpc) is 2.85. The summed E-state index contributed by atoms with van der Waals surface area (Å²) in [6.45, 7) is 3.22. The van der Waals surface area contributed by atoms with Gasteiger partial charge in [0, 0.05) is 6.20 Å². The van der Waals surface area contributed by atoms with Gasteiger partial charge < -0.3 is 15.2 Å². The predicted molar refractivity (Wildman–Crippen MR) is 63.5 cm³/mol. The van der Waals surface area contributed by atoms with Crippen LogP contribution in [0.25, 0.3) is 0 Å². The molecule has 0 aromatic carbocycles. The number of carboxylic acid groups (broad SMARTS) is 1. The molecule has 0 aliphatic heterocycles. The molecular weight excluding hydrogens is 254 g/mol. The highest BCUT2D eigenvalue weighted by Gasteiger charge is 2.18. The molecule has 0 saturated heterocycles. The Hall–Kier alpha value is -2.38. The molecule has 0 saturated carbocycles. The number of hydrogen-bond donors (Lipinski definition) is 2. The first kappa shape index (κ1) is 14.7. The molecule has 1 amide bonds. The van der Waals surface area contributed by atoms with Crippen LogP contribution in [0.3, 0.4) is 0 Å². The van der Waals surface area contributed by atoms with E-state index in [0.29, 0.717) is 0 Å². The minimum atomic E-state index is -1.12. The highest BCUT2D eigenvalue weighted by Crippen LogP contribution is 2.06. The second-order valence-corrected chi connectivity index (χ2v) is 3.71. The molecule has 1 unspecified atom stereocenters. The first-order chi connectivity index (χ1) is 8.95. The lowest BCUT2D eigenvalue weighted by Gasteiger charge is -2.12. The van der Waals surface area contributed by atoms with Gasteiger partial charge in [-0.3, -0.25) is 14.3 Å². The fourth-order valence-electron chi connectivity index (χ4n) is 1.30. The van der Waals surface area contributed by atoms with Crippen molar-refractivity contribution < 1.29 is 24.2 Å². The Kier molecular flexibility index (Phi) is 5.04. The van der Waals surface area contributed by atoms with Crippen molar-refractivity contribution in [3.05, 3.63) is 18.0 Å². The Balaban J connectivity index is 2.56. The van der Waals surface area contributed by atoms with Crippen molar-refractivity contribution in [3.63, 3.8) is 0 Å². The maximum absolute atomic E-state index is 11.7. The fourth-order valence-corrected chi connectivity index (χ4v) is 1.30. The minimum absolute atomic E-state index is 0.00922. The second-order valence-electron chi connectivity index (χ2n) is 3.71. The van der Waals surface area contributed by atoms with E-state index in [4.69, 9.17) is 5.11 Å². The summed E-state index contributed by atoms with van der Waals surface area (Å²) >= 11 is 0. The molecule has 0 radical (unpaired) electrons. The summed E-state index contributed by atoms with van der Waals surface area (Å²) in [5.74, 6) is -2.10. The van der Waals surface area contributed by atoms with Crippen LogP contribution in [0.15, 0.2) is 12.4 Å². The summed E-state index contributed by atoms with van der Waals surface area (Å²) in [4.78, 5) is 33.4. The van der Waals surface area contributed by atoms with Gasteiger partial charge in [-0.1, -0.05) is 0 Å². The van der Waals surface area contributed by atoms with Gasteiger partial charge in [-0.15, -0.1) is 0 Å². The summed E-state index contributed by atoms with van der Waals surface area (Å²) in [6, 6.07) is -0.720. The van der Waals surface area contributed by atoms with E-state index in [0.717, 1.165) is 6.20 Å². The summed E-state index contributed by atoms with van der Waals surface area (Å²) < 4.78 is 5.87. The van der Waals surface area contributed by atoms with Gasteiger partial charge in [0.15, 0.2) is 0 Å². The quantitative estimate of drug-likeness (QED) is 0.693. The molecule has 1 rings (SSSR count). The Bertz CT molecular complexity index is 482. The number of carboxylic acids is 1. The third-order valence-electron chi connectivity index (χ3n) is 2.34. The molecule has 2 N–H and O–H groups in total. The van der Waals surface area contributed by atoms with Crippen LogP contribution in [0, 0.1) is 0 Å². The number of carbonyl (C=O) groups excluding carboxylic acids is 2. The molecule has 0 bridgehead atoms. The predicted octanol–water partition coefficient (Wildman–Crippen LogP) is -0.178. The lowest BCUT2D eigenvalue weighted by atomic mass is 10.3. The van der Waals surface area contributed by atoms with Crippen LogP contribution in [-0.4, -0.2) is 45.9 Å². The highest BCUT2D eigenvalue weighted by atomic mass is 16.5. The van der Waals surface area contributed by atoms with Gasteiger partial charge in [0.1, 0.15) is 12.6 Å². The molecule has 0 fully saturated rings. The van der Waals surface area contributed by atoms with Crippen molar-refractivity contribution in [1.82, 2.24) is 15.1 Å². The number of rotatable bonds is 6. The van der Waals surface area contributed by atoms with E-state index in [-0.39, 0.29) is 18.7 Å². The van der Waals surface area contributed by atoms with Crippen molar-refractivity contribution in [2.24, 2.45) is 0 Å². The number of nitrogens with zero attached hydrogens (tertiary/aromatic N) is 2. The van der Waals surface area contributed by atoms with Crippen molar-refractivity contribution in [1.29, 1.82) is 0 Å². The average molecular weight is 269 g/mol. The molecule has 104 valence electrons. The van der Waals surface area contributed by atoms with E-state index in [1.807, 2.05) is 0 Å². The molecule has 1 heterocycles. The molecule has 8 heteroatoms. The van der Waals surface area contributed by atoms with Crippen molar-refractivity contribution >= 4 is 17.8 Å². The second kappa shape index (κ2) is 6.53. The number of hydrogen-bond acceptors (Lipinski definition) is 5. The topological polar surface area (TPSA) is 111 Å². The van der Waals surface area contributed by atoms with Crippen LogP contribution >= 0.6 is 0 Å². The van der Waals surface area contributed by atoms with Gasteiger partial charge in [-0.25, -0.2) is 4.79 Å². The van der Waals surface area contributed by atoms with E-state index >= 15 is 0 Å². The van der Waals surface area contributed by atoms with E-state index in [1.54, 1.807) is 13.8 Å². The van der Waals surface area contributed by atoms with Gasteiger partial charge in [-0.2, -0.15) is 5.10 Å². The Morgan fingerprint density at radius 3 is 2.74 bits per heavy atom. The van der Waals surface area contributed by atoms with Gasteiger partial charge in [-0.05, 0) is 13.8 Å². The molecule has 0 spiro atoms. The van der Waals surface area contributed by atoms with Crippen LogP contribution in [0.2, 0.25) is 0 Å². The van der Waals surface area contributed by atoms with Crippen molar-refractivity contribution in [2.75, 3.05) is 13.2 Å². The Morgan fingerprint density at radius 1 is 1.53 bits per heavy atom. The van der Waals surface area contributed by atoms with E-state index in [9.17, 15) is 14.4 Å². The summed E-state index contributed by atoms with van der Waals surface area (Å²) in [6.07, 6.45) is 2.40. The lowest BCUT2D eigenvalue weighted by molar-refractivity contribution is -0.143. The minimum Gasteiger partial charge on any atom is -0.478 e. The number of esters is 1. The number of nitrogens with one attached hydrogen (secondary N) is 1. The lowest BCUT2D eigenvalue weighted by Crippen LogP contribution is -2.35. The number of amides is 1. The van der Waals surface area contributed by atoms with Gasteiger partial charge in [0.2, 0.25) is 5.91 Å². The summed E-state index contributed by atoms with van der Waals surface area (Å²) in [5.41, 5.74) is -0.00922. The monoisotopic (exact) mass is 269 g/mol. The molecule has 8 nitrogen and oxygen atoms in total. The molecule has 1 aromatic rings. The van der Waals surface area contributed by atoms with E-state index in [2.05, 4.69) is 15.2 Å². The zero-order valence-electron chi connectivity index (χ0n) is 10.6. The molecule has 1 atom stereocenters. The van der Waals surface area contributed by atoms with E-state index in [1.165, 1.54) is 10.9 Å². The van der Waals surface area contributed by atoms with Crippen LogP contribution < -0.4 is 5.32 Å². The highest BCUT2D eigenvalue weighted by molar-refractivity contribution is 5.87.